The molecule has 22 heavy (non-hydrogen) atoms. The maximum atomic E-state index is 11.8. The number of amides is 1. The predicted molar refractivity (Wildman–Crippen MR) is 90.6 cm³/mol. The number of halogens is 1. The monoisotopic (exact) mass is 363 g/mol. The molecule has 0 spiro atoms. The summed E-state index contributed by atoms with van der Waals surface area (Å²) in [5.41, 5.74) is 3.32. The van der Waals surface area contributed by atoms with Crippen molar-refractivity contribution < 1.29 is 9.53 Å². The van der Waals surface area contributed by atoms with Gasteiger partial charge in [-0.1, -0.05) is 6.07 Å². The Morgan fingerprint density at radius 1 is 1.32 bits per heavy atom. The molecule has 0 saturated heterocycles. The zero-order chi connectivity index (χ0) is 15.9. The van der Waals surface area contributed by atoms with Crippen molar-refractivity contribution in [2.24, 2.45) is 0 Å². The number of rotatable bonds is 6. The highest BCUT2D eigenvalue weighted by atomic mass is 79.9. The molecule has 5 nitrogen and oxygen atoms in total. The van der Waals surface area contributed by atoms with Crippen LogP contribution in [0.2, 0.25) is 0 Å². The van der Waals surface area contributed by atoms with Gasteiger partial charge in [0.1, 0.15) is 5.69 Å². The molecular weight excluding hydrogens is 346 g/mol. The summed E-state index contributed by atoms with van der Waals surface area (Å²) in [6, 6.07) is 9.56. The zero-order valence-electron chi connectivity index (χ0n) is 12.5. The van der Waals surface area contributed by atoms with Crippen molar-refractivity contribution in [3.05, 3.63) is 52.3 Å². The lowest BCUT2D eigenvalue weighted by atomic mass is 10.2. The van der Waals surface area contributed by atoms with Crippen molar-refractivity contribution >= 4 is 33.2 Å². The van der Waals surface area contributed by atoms with Crippen molar-refractivity contribution in [1.29, 1.82) is 0 Å². The SMILES string of the molecule is COCCNC(=O)c1ccc(Nc2ccc(C)cc2Br)cn1. The van der Waals surface area contributed by atoms with Gasteiger partial charge in [-0.15, -0.1) is 0 Å². The van der Waals surface area contributed by atoms with Crippen LogP contribution in [0, 0.1) is 6.92 Å². The second-order valence-electron chi connectivity index (χ2n) is 4.79. The summed E-state index contributed by atoms with van der Waals surface area (Å²) in [5, 5.41) is 5.99. The van der Waals surface area contributed by atoms with Crippen LogP contribution in [0.25, 0.3) is 0 Å². The smallest absolute Gasteiger partial charge is 0.269 e. The Kier molecular flexibility index (Phi) is 5.91. The van der Waals surface area contributed by atoms with Crippen LogP contribution in [0.15, 0.2) is 41.0 Å². The molecule has 1 aromatic carbocycles. The van der Waals surface area contributed by atoms with Gasteiger partial charge in [0.05, 0.1) is 24.2 Å². The van der Waals surface area contributed by atoms with Crippen molar-refractivity contribution in [1.82, 2.24) is 10.3 Å². The number of nitrogens with one attached hydrogen (secondary N) is 2. The third-order valence-electron chi connectivity index (χ3n) is 2.99. The molecule has 116 valence electrons. The van der Waals surface area contributed by atoms with Gasteiger partial charge < -0.3 is 15.4 Å². The molecule has 0 radical (unpaired) electrons. The summed E-state index contributed by atoms with van der Waals surface area (Å²) in [6.45, 7) is 2.98. The van der Waals surface area contributed by atoms with E-state index in [9.17, 15) is 4.79 Å². The molecule has 0 saturated carbocycles. The number of carbonyl (C=O) groups excluding carboxylic acids is 1. The van der Waals surface area contributed by atoms with E-state index in [4.69, 9.17) is 4.74 Å². The fraction of sp³-hybridized carbons (Fsp3) is 0.250. The van der Waals surface area contributed by atoms with Crippen molar-refractivity contribution in [2.45, 2.75) is 6.92 Å². The fourth-order valence-electron chi connectivity index (χ4n) is 1.84. The van der Waals surface area contributed by atoms with Crippen LogP contribution >= 0.6 is 15.9 Å². The Morgan fingerprint density at radius 3 is 2.77 bits per heavy atom. The normalized spacial score (nSPS) is 10.3. The van der Waals surface area contributed by atoms with Crippen LogP contribution in [-0.4, -0.2) is 31.2 Å². The average Bonchev–Trinajstić information content (AvgIpc) is 2.51. The second-order valence-corrected chi connectivity index (χ2v) is 5.64. The molecule has 2 N–H and O–H groups in total. The summed E-state index contributed by atoms with van der Waals surface area (Å²) in [4.78, 5) is 16.0. The molecule has 6 heteroatoms. The maximum Gasteiger partial charge on any atom is 0.269 e. The minimum absolute atomic E-state index is 0.208. The molecule has 2 rings (SSSR count). The Labute approximate surface area is 138 Å². The highest BCUT2D eigenvalue weighted by molar-refractivity contribution is 9.10. The number of nitrogens with zero attached hydrogens (tertiary/aromatic N) is 1. The maximum absolute atomic E-state index is 11.8. The average molecular weight is 364 g/mol. The predicted octanol–water partition coefficient (Wildman–Crippen LogP) is 3.27. The first-order valence-electron chi connectivity index (χ1n) is 6.86. The Hall–Kier alpha value is -1.92. The topological polar surface area (TPSA) is 63.2 Å². The van der Waals surface area contributed by atoms with Crippen LogP contribution in [0.4, 0.5) is 11.4 Å². The van der Waals surface area contributed by atoms with Crippen LogP contribution in [0.5, 0.6) is 0 Å². The Bertz CT molecular complexity index is 644. The first-order valence-corrected chi connectivity index (χ1v) is 7.66. The van der Waals surface area contributed by atoms with E-state index in [-0.39, 0.29) is 5.91 Å². The van der Waals surface area contributed by atoms with Crippen LogP contribution < -0.4 is 10.6 Å². The lowest BCUT2D eigenvalue weighted by molar-refractivity contribution is 0.0932. The minimum Gasteiger partial charge on any atom is -0.383 e. The van der Waals surface area contributed by atoms with Crippen LogP contribution in [0.3, 0.4) is 0 Å². The molecule has 0 unspecified atom stereocenters. The van der Waals surface area contributed by atoms with E-state index in [0.717, 1.165) is 15.8 Å². The zero-order valence-corrected chi connectivity index (χ0v) is 14.1. The number of aromatic nitrogens is 1. The number of carbonyl (C=O) groups is 1. The summed E-state index contributed by atoms with van der Waals surface area (Å²) in [7, 11) is 1.59. The summed E-state index contributed by atoms with van der Waals surface area (Å²) in [6.07, 6.45) is 1.64. The van der Waals surface area contributed by atoms with Crippen LogP contribution in [0.1, 0.15) is 16.1 Å². The van der Waals surface area contributed by atoms with Gasteiger partial charge in [-0.3, -0.25) is 4.79 Å². The lowest BCUT2D eigenvalue weighted by Crippen LogP contribution is -2.27. The molecule has 0 aliphatic heterocycles. The number of hydrogen-bond donors (Lipinski definition) is 2. The van der Waals surface area contributed by atoms with Gasteiger partial charge in [-0.2, -0.15) is 0 Å². The number of hydrogen-bond acceptors (Lipinski definition) is 4. The van der Waals surface area contributed by atoms with E-state index in [0.29, 0.717) is 18.8 Å². The molecule has 1 aromatic heterocycles. The first kappa shape index (κ1) is 16.5. The highest BCUT2D eigenvalue weighted by Gasteiger charge is 2.07. The number of methoxy groups -OCH3 is 1. The van der Waals surface area contributed by atoms with Gasteiger partial charge in [0.15, 0.2) is 0 Å². The van der Waals surface area contributed by atoms with Crippen molar-refractivity contribution in [3.8, 4) is 0 Å². The number of anilines is 2. The van der Waals surface area contributed by atoms with E-state index in [1.165, 1.54) is 5.56 Å². The number of benzene rings is 1. The van der Waals surface area contributed by atoms with Crippen LogP contribution in [-0.2, 0) is 4.74 Å². The number of pyridine rings is 1. The summed E-state index contributed by atoms with van der Waals surface area (Å²) in [5.74, 6) is -0.208. The van der Waals surface area contributed by atoms with Crippen molar-refractivity contribution in [3.63, 3.8) is 0 Å². The molecule has 1 amide bonds. The number of ether oxygens (including phenoxy) is 1. The standard InChI is InChI=1S/C16H18BrN3O2/c1-11-3-5-14(13(17)9-11)20-12-4-6-15(19-10-12)16(21)18-7-8-22-2/h3-6,9-10,20H,7-8H2,1-2H3,(H,18,21). The van der Waals surface area contributed by atoms with Gasteiger partial charge in [-0.05, 0) is 52.7 Å². The molecule has 2 aromatic rings. The van der Waals surface area contributed by atoms with Gasteiger partial charge >= 0.3 is 0 Å². The number of aryl methyl sites for hydroxylation is 1. The van der Waals surface area contributed by atoms with Crippen molar-refractivity contribution in [2.75, 3.05) is 25.6 Å². The van der Waals surface area contributed by atoms with E-state index >= 15 is 0 Å². The summed E-state index contributed by atoms with van der Waals surface area (Å²) < 4.78 is 5.86. The first-order chi connectivity index (χ1) is 10.6. The third-order valence-corrected chi connectivity index (χ3v) is 3.65. The minimum atomic E-state index is -0.208. The molecule has 0 aliphatic rings. The fourth-order valence-corrected chi connectivity index (χ4v) is 2.43. The summed E-state index contributed by atoms with van der Waals surface area (Å²) >= 11 is 3.52. The molecule has 0 aliphatic carbocycles. The molecular formula is C16H18BrN3O2. The molecule has 0 atom stereocenters. The van der Waals surface area contributed by atoms with E-state index in [1.807, 2.05) is 31.2 Å². The highest BCUT2D eigenvalue weighted by Crippen LogP contribution is 2.26. The lowest BCUT2D eigenvalue weighted by Gasteiger charge is -2.09. The third kappa shape index (κ3) is 4.54. The van der Waals surface area contributed by atoms with E-state index in [1.54, 1.807) is 19.4 Å². The van der Waals surface area contributed by atoms with Gasteiger partial charge in [0, 0.05) is 18.1 Å². The Balaban J connectivity index is 2.01. The van der Waals surface area contributed by atoms with Gasteiger partial charge in [0.2, 0.25) is 0 Å². The molecule has 0 bridgehead atoms. The quantitative estimate of drug-likeness (QED) is 0.773. The van der Waals surface area contributed by atoms with Gasteiger partial charge in [0.25, 0.3) is 5.91 Å². The molecule has 1 heterocycles. The van der Waals surface area contributed by atoms with E-state index in [2.05, 4.69) is 31.5 Å². The van der Waals surface area contributed by atoms with Gasteiger partial charge in [-0.25, -0.2) is 4.98 Å². The van der Waals surface area contributed by atoms with E-state index < -0.39 is 0 Å². The Morgan fingerprint density at radius 2 is 2.14 bits per heavy atom. The molecule has 0 fully saturated rings. The second kappa shape index (κ2) is 7.91. The largest absolute Gasteiger partial charge is 0.383 e.